The van der Waals surface area contributed by atoms with Gasteiger partial charge in [0.15, 0.2) is 0 Å². The molecule has 0 unspecified atom stereocenters. The van der Waals surface area contributed by atoms with E-state index in [0.717, 1.165) is 62.8 Å². The largest absolute Gasteiger partial charge is 0.381 e. The molecule has 5 nitrogen and oxygen atoms in total. The zero-order valence-corrected chi connectivity index (χ0v) is 19.0. The highest BCUT2D eigenvalue weighted by Crippen LogP contribution is 2.38. The van der Waals surface area contributed by atoms with Crippen LogP contribution in [0.2, 0.25) is 0 Å². The summed E-state index contributed by atoms with van der Waals surface area (Å²) < 4.78 is 7.77. The monoisotopic (exact) mass is 431 g/mol. The number of benzene rings is 1. The summed E-state index contributed by atoms with van der Waals surface area (Å²) >= 11 is 0. The van der Waals surface area contributed by atoms with Crippen molar-refractivity contribution in [1.82, 2.24) is 14.3 Å². The van der Waals surface area contributed by atoms with Crippen LogP contribution in [0.1, 0.15) is 48.8 Å². The van der Waals surface area contributed by atoms with Crippen LogP contribution in [0.3, 0.4) is 0 Å². The van der Waals surface area contributed by atoms with Gasteiger partial charge in [-0.05, 0) is 68.6 Å². The first-order chi connectivity index (χ1) is 15.7. The predicted molar refractivity (Wildman–Crippen MR) is 126 cm³/mol. The lowest BCUT2D eigenvalue weighted by Gasteiger charge is -2.40. The van der Waals surface area contributed by atoms with Crippen LogP contribution >= 0.6 is 0 Å². The molecule has 0 saturated carbocycles. The van der Waals surface area contributed by atoms with E-state index >= 15 is 0 Å². The Bertz CT molecular complexity index is 1080. The van der Waals surface area contributed by atoms with Crippen LogP contribution in [0.5, 0.6) is 0 Å². The van der Waals surface area contributed by atoms with Crippen molar-refractivity contribution in [3.05, 3.63) is 71.7 Å². The van der Waals surface area contributed by atoms with E-state index in [-0.39, 0.29) is 0 Å². The maximum absolute atomic E-state index is 14.0. The third-order valence-electron chi connectivity index (χ3n) is 7.47. The van der Waals surface area contributed by atoms with Crippen LogP contribution in [-0.2, 0) is 21.4 Å². The zero-order chi connectivity index (χ0) is 22.0. The first-order valence-corrected chi connectivity index (χ1v) is 12.0. The summed E-state index contributed by atoms with van der Waals surface area (Å²) in [7, 11) is 0. The van der Waals surface area contributed by atoms with Gasteiger partial charge in [-0.3, -0.25) is 4.79 Å². The number of carbonyl (C=O) groups is 1. The summed E-state index contributed by atoms with van der Waals surface area (Å²) in [6.45, 7) is 5.12. The van der Waals surface area contributed by atoms with E-state index < -0.39 is 5.41 Å². The maximum atomic E-state index is 14.0. The van der Waals surface area contributed by atoms with Crippen molar-refractivity contribution in [2.45, 2.75) is 50.9 Å². The molecule has 5 rings (SSSR count). The Balaban J connectivity index is 1.32. The molecule has 0 aliphatic carbocycles. The zero-order valence-electron chi connectivity index (χ0n) is 19.0. The topological polar surface area (TPSA) is 46.8 Å². The number of aryl methyl sites for hydroxylation is 1. The highest BCUT2D eigenvalue weighted by molar-refractivity contribution is 5.88. The number of carbonyl (C=O) groups excluding carboxylic acids is 1. The second kappa shape index (κ2) is 9.07. The normalized spacial score (nSPS) is 21.4. The van der Waals surface area contributed by atoms with Gasteiger partial charge in [-0.15, -0.1) is 0 Å². The molecule has 1 amide bonds. The first kappa shape index (κ1) is 21.2. The van der Waals surface area contributed by atoms with Crippen LogP contribution in [0.25, 0.3) is 5.65 Å². The van der Waals surface area contributed by atoms with Gasteiger partial charge in [0.1, 0.15) is 5.65 Å². The van der Waals surface area contributed by atoms with Crippen LogP contribution in [0.4, 0.5) is 0 Å². The molecular formula is C27H33N3O2. The second-order valence-electron chi connectivity index (χ2n) is 9.55. The van der Waals surface area contributed by atoms with Gasteiger partial charge >= 0.3 is 0 Å². The molecule has 2 aliphatic heterocycles. The number of nitrogens with zero attached hydrogens (tertiary/aromatic N) is 3. The smallest absolute Gasteiger partial charge is 0.233 e. The number of hydrogen-bond acceptors (Lipinski definition) is 3. The van der Waals surface area contributed by atoms with Crippen LogP contribution in [0.15, 0.2) is 55.0 Å². The van der Waals surface area contributed by atoms with E-state index in [1.54, 1.807) is 0 Å². The summed E-state index contributed by atoms with van der Waals surface area (Å²) in [5.74, 6) is 0.891. The van der Waals surface area contributed by atoms with E-state index in [2.05, 4.69) is 63.8 Å². The quantitative estimate of drug-likeness (QED) is 0.608. The Hall–Kier alpha value is -2.66. The number of amides is 1. The lowest BCUT2D eigenvalue weighted by Crippen LogP contribution is -2.50. The number of hydrogen-bond donors (Lipinski definition) is 0. The fourth-order valence-corrected chi connectivity index (χ4v) is 5.64. The van der Waals surface area contributed by atoms with E-state index in [0.29, 0.717) is 25.0 Å². The fourth-order valence-electron chi connectivity index (χ4n) is 5.64. The van der Waals surface area contributed by atoms with Crippen molar-refractivity contribution in [2.24, 2.45) is 5.92 Å². The average molecular weight is 432 g/mol. The Morgan fingerprint density at radius 1 is 1.12 bits per heavy atom. The van der Waals surface area contributed by atoms with E-state index in [1.807, 2.05) is 12.4 Å². The molecule has 5 heteroatoms. The minimum atomic E-state index is -0.439. The third kappa shape index (κ3) is 4.06. The molecule has 2 saturated heterocycles. The molecule has 3 aromatic rings. The molecule has 1 atom stereocenters. The van der Waals surface area contributed by atoms with E-state index in [1.165, 1.54) is 11.1 Å². The van der Waals surface area contributed by atoms with Gasteiger partial charge in [-0.1, -0.05) is 35.9 Å². The van der Waals surface area contributed by atoms with Gasteiger partial charge in [0.25, 0.3) is 0 Å². The lowest BCUT2D eigenvalue weighted by molar-refractivity contribution is -0.141. The minimum Gasteiger partial charge on any atom is -0.381 e. The molecule has 0 spiro atoms. The first-order valence-electron chi connectivity index (χ1n) is 12.0. The number of fused-ring (bicyclic) bond motifs is 1. The van der Waals surface area contributed by atoms with Gasteiger partial charge in [0.05, 0.1) is 5.41 Å². The van der Waals surface area contributed by atoms with Crippen molar-refractivity contribution in [2.75, 3.05) is 26.3 Å². The molecule has 0 bridgehead atoms. The van der Waals surface area contributed by atoms with E-state index in [9.17, 15) is 4.79 Å². The SMILES string of the molecule is Cc1cccc(C2(C(=O)N3CCC[C@@H](Cc4cccn5ccnc45)CC3)CCOCC2)c1. The molecule has 2 fully saturated rings. The summed E-state index contributed by atoms with van der Waals surface area (Å²) in [6, 6.07) is 12.8. The summed E-state index contributed by atoms with van der Waals surface area (Å²) in [6.07, 6.45) is 11.8. The number of ether oxygens (including phenoxy) is 1. The summed E-state index contributed by atoms with van der Waals surface area (Å²) in [4.78, 5) is 20.7. The number of imidazole rings is 1. The molecule has 2 aromatic heterocycles. The maximum Gasteiger partial charge on any atom is 0.233 e. The number of aromatic nitrogens is 2. The van der Waals surface area contributed by atoms with Crippen molar-refractivity contribution in [3.63, 3.8) is 0 Å². The minimum absolute atomic E-state index is 0.308. The number of pyridine rings is 1. The fraction of sp³-hybridized carbons (Fsp3) is 0.481. The van der Waals surface area contributed by atoms with Gasteiger partial charge < -0.3 is 14.0 Å². The second-order valence-corrected chi connectivity index (χ2v) is 9.55. The average Bonchev–Trinajstić information content (AvgIpc) is 3.19. The number of rotatable bonds is 4. The molecule has 168 valence electrons. The number of likely N-dealkylation sites (tertiary alicyclic amines) is 1. The van der Waals surface area contributed by atoms with Crippen molar-refractivity contribution < 1.29 is 9.53 Å². The Kier molecular flexibility index (Phi) is 6.01. The predicted octanol–water partition coefficient (Wildman–Crippen LogP) is 4.56. The van der Waals surface area contributed by atoms with Crippen LogP contribution in [0, 0.1) is 12.8 Å². The molecule has 4 heterocycles. The molecule has 1 aromatic carbocycles. The summed E-state index contributed by atoms with van der Waals surface area (Å²) in [5, 5.41) is 0. The lowest BCUT2D eigenvalue weighted by atomic mass is 9.72. The third-order valence-corrected chi connectivity index (χ3v) is 7.47. The van der Waals surface area contributed by atoms with Gasteiger partial charge in [-0.25, -0.2) is 4.98 Å². The summed E-state index contributed by atoms with van der Waals surface area (Å²) in [5.41, 5.74) is 4.31. The van der Waals surface area contributed by atoms with Crippen LogP contribution in [-0.4, -0.2) is 46.5 Å². The molecule has 0 radical (unpaired) electrons. The van der Waals surface area contributed by atoms with Gasteiger partial charge in [-0.2, -0.15) is 0 Å². The van der Waals surface area contributed by atoms with Crippen molar-refractivity contribution in [3.8, 4) is 0 Å². The van der Waals surface area contributed by atoms with Gasteiger partial charge in [0, 0.05) is 44.9 Å². The van der Waals surface area contributed by atoms with Crippen molar-refractivity contribution in [1.29, 1.82) is 0 Å². The molecule has 32 heavy (non-hydrogen) atoms. The van der Waals surface area contributed by atoms with E-state index in [4.69, 9.17) is 4.74 Å². The van der Waals surface area contributed by atoms with Gasteiger partial charge in [0.2, 0.25) is 5.91 Å². The van der Waals surface area contributed by atoms with Crippen molar-refractivity contribution >= 4 is 11.6 Å². The highest BCUT2D eigenvalue weighted by Gasteiger charge is 2.44. The molecular weight excluding hydrogens is 398 g/mol. The highest BCUT2D eigenvalue weighted by atomic mass is 16.5. The Morgan fingerprint density at radius 3 is 2.84 bits per heavy atom. The Morgan fingerprint density at radius 2 is 2.00 bits per heavy atom. The molecule has 2 aliphatic rings. The van der Waals surface area contributed by atoms with Crippen LogP contribution < -0.4 is 0 Å². The Labute approximate surface area is 190 Å². The molecule has 0 N–H and O–H groups in total. The standard InChI is InChI=1S/C27H33N3O2/c1-21-5-2-8-24(19-21)27(10-17-32-18-11-27)26(31)30-14-3-6-22(9-15-30)20-23-7-4-13-29-16-12-28-25(23)29/h2,4-5,7-8,12-13,16,19,22H,3,6,9-11,14-15,17-18,20H2,1H3/t22-/m1/s1.